The first-order chi connectivity index (χ1) is 34.2. The molecule has 2 atom stereocenters. The molecular weight excluding hydrogens is 921 g/mol. The van der Waals surface area contributed by atoms with E-state index in [1.54, 1.807) is 26.0 Å². The lowest BCUT2D eigenvalue weighted by Gasteiger charge is -2.18. The number of hydrogen-bond donors (Lipinski definition) is 2. The second kappa shape index (κ2) is 25.2. The number of hydrogen-bond acceptors (Lipinski definition) is 14. The minimum absolute atomic E-state index is 0.0294. The van der Waals surface area contributed by atoms with Gasteiger partial charge in [-0.2, -0.15) is 9.97 Å². The van der Waals surface area contributed by atoms with Gasteiger partial charge in [-0.3, -0.25) is 18.7 Å². The predicted octanol–water partition coefficient (Wildman–Crippen LogP) is 7.41. The summed E-state index contributed by atoms with van der Waals surface area (Å²) in [6.45, 7) is 20.7. The molecule has 0 bridgehead atoms. The molecule has 2 N–H and O–H groups in total. The van der Waals surface area contributed by atoms with Crippen molar-refractivity contribution in [3.63, 3.8) is 0 Å². The van der Waals surface area contributed by atoms with Crippen LogP contribution in [-0.4, -0.2) is 66.6 Å². The number of carbonyl (C=O) groups is 2. The van der Waals surface area contributed by atoms with Crippen LogP contribution in [0.25, 0.3) is 6.08 Å². The molecule has 0 amide bonds. The summed E-state index contributed by atoms with van der Waals surface area (Å²) >= 11 is 0. The maximum atomic E-state index is 13.5. The number of methoxy groups -OCH3 is 2. The van der Waals surface area contributed by atoms with E-state index in [1.165, 1.54) is 28.9 Å². The summed E-state index contributed by atoms with van der Waals surface area (Å²) in [5, 5.41) is 6.23. The Labute approximate surface area is 418 Å². The summed E-state index contributed by atoms with van der Waals surface area (Å²) in [5.74, 6) is -0.703. The molecule has 2 aromatic heterocycles. The Kier molecular flexibility index (Phi) is 19.2. The number of esters is 2. The van der Waals surface area contributed by atoms with Gasteiger partial charge in [0.1, 0.15) is 11.5 Å². The number of aromatic nitrogens is 6. The minimum atomic E-state index is -0.756. The van der Waals surface area contributed by atoms with Crippen molar-refractivity contribution in [1.82, 2.24) is 28.2 Å². The number of aryl methyl sites for hydroxylation is 3. The first-order valence-corrected chi connectivity index (χ1v) is 23.7. The smallest absolute Gasteiger partial charge is 0.354 e. The minimum Gasteiger partial charge on any atom is -0.491 e. The molecule has 6 aromatic rings. The molecule has 18 heteroatoms. The molecule has 0 aliphatic heterocycles. The number of ether oxygens (including phenoxy) is 4. The number of nitrogens with zero attached hydrogens (tertiary/aromatic N) is 6. The molecule has 18 nitrogen and oxygen atoms in total. The highest BCUT2D eigenvalue weighted by Gasteiger charge is 2.22. The van der Waals surface area contributed by atoms with Crippen LogP contribution in [0, 0.1) is 25.7 Å². The lowest BCUT2D eigenvalue weighted by Crippen LogP contribution is -2.44. The Morgan fingerprint density at radius 2 is 0.958 bits per heavy atom. The van der Waals surface area contributed by atoms with Crippen molar-refractivity contribution >= 4 is 41.3 Å². The van der Waals surface area contributed by atoms with Crippen molar-refractivity contribution in [2.45, 2.75) is 107 Å². The SMILES string of the molecule is C=Cc1ccc(Cn2c(Nc3ccc(OC(C)C)c(C)c3)nc(=O)n(C[C@H](C)C(=O)OC)c2=O)cc1.CCc1ccc(Cn2c(Nc3ccc(OC(C)C)c(C)c3)nc(=O)n(C[C@H](C)C(=O)OC)c2=O)cc1. The molecule has 4 aromatic carbocycles. The van der Waals surface area contributed by atoms with Crippen molar-refractivity contribution in [2.75, 3.05) is 24.9 Å². The van der Waals surface area contributed by atoms with Gasteiger partial charge in [0.25, 0.3) is 0 Å². The van der Waals surface area contributed by atoms with Crippen LogP contribution in [0.1, 0.15) is 81.8 Å². The fraction of sp³-hybridized carbons (Fsp3) is 0.370. The van der Waals surface area contributed by atoms with E-state index in [-0.39, 0.29) is 50.3 Å². The van der Waals surface area contributed by atoms with Crippen molar-refractivity contribution in [3.05, 3.63) is 167 Å². The van der Waals surface area contributed by atoms with E-state index in [1.807, 2.05) is 120 Å². The Bertz CT molecular complexity index is 3100. The fourth-order valence-electron chi connectivity index (χ4n) is 7.44. The zero-order valence-corrected chi connectivity index (χ0v) is 43.0. The lowest BCUT2D eigenvalue weighted by molar-refractivity contribution is -0.146. The molecule has 72 heavy (non-hydrogen) atoms. The highest BCUT2D eigenvalue weighted by molar-refractivity contribution is 5.72. The summed E-state index contributed by atoms with van der Waals surface area (Å²) in [5.41, 5.74) is 4.27. The second-order valence-corrected chi connectivity index (χ2v) is 17.9. The largest absolute Gasteiger partial charge is 0.491 e. The van der Waals surface area contributed by atoms with E-state index in [2.05, 4.69) is 34.1 Å². The Morgan fingerprint density at radius 1 is 0.583 bits per heavy atom. The van der Waals surface area contributed by atoms with Gasteiger partial charge in [0.05, 0.1) is 51.4 Å². The van der Waals surface area contributed by atoms with Crippen LogP contribution in [-0.2, 0) is 51.7 Å². The maximum absolute atomic E-state index is 13.5. The Hall–Kier alpha value is -8.02. The summed E-state index contributed by atoms with van der Waals surface area (Å²) < 4.78 is 25.8. The molecule has 0 saturated heterocycles. The Balaban J connectivity index is 0.000000267. The molecule has 6 rings (SSSR count). The molecule has 0 saturated carbocycles. The van der Waals surface area contributed by atoms with E-state index >= 15 is 0 Å². The van der Waals surface area contributed by atoms with Crippen LogP contribution in [0.3, 0.4) is 0 Å². The standard InChI is InChI=1S/C27H34N4O5.C27H32N4O5/c2*1-7-20-8-10-21(11-9-20)16-30-25(28-22-12-13-23(18(4)14-22)36-17(2)3)29-26(33)31(27(30)34)15-19(5)24(32)35-6/h8-14,17,19H,7,15-16H2,1-6H3,(H,28,29,33);7-14,17,19H,1,15-16H2,2-6H3,(H,28,29,33)/t2*19-/m00/s1. The lowest BCUT2D eigenvalue weighted by atomic mass is 10.1. The highest BCUT2D eigenvalue weighted by Crippen LogP contribution is 2.26. The van der Waals surface area contributed by atoms with Gasteiger partial charge < -0.3 is 29.6 Å². The number of nitrogens with one attached hydrogen (secondary N) is 2. The van der Waals surface area contributed by atoms with Gasteiger partial charge in [0.15, 0.2) is 0 Å². The molecule has 2 heterocycles. The van der Waals surface area contributed by atoms with E-state index in [9.17, 15) is 28.8 Å². The average molecular weight is 987 g/mol. The summed E-state index contributed by atoms with van der Waals surface area (Å²) in [7, 11) is 2.53. The van der Waals surface area contributed by atoms with E-state index < -0.39 is 46.5 Å². The topological polar surface area (TPSA) is 209 Å². The highest BCUT2D eigenvalue weighted by atomic mass is 16.5. The van der Waals surface area contributed by atoms with E-state index in [0.717, 1.165) is 54.9 Å². The average Bonchev–Trinajstić information content (AvgIpc) is 3.35. The quantitative estimate of drug-likeness (QED) is 0.0715. The van der Waals surface area contributed by atoms with Crippen LogP contribution in [0.5, 0.6) is 11.5 Å². The van der Waals surface area contributed by atoms with E-state index in [0.29, 0.717) is 11.4 Å². The Morgan fingerprint density at radius 3 is 1.29 bits per heavy atom. The number of anilines is 4. The maximum Gasteiger partial charge on any atom is 0.354 e. The normalized spacial score (nSPS) is 11.8. The zero-order chi connectivity index (χ0) is 52.8. The van der Waals surface area contributed by atoms with Gasteiger partial charge in [0, 0.05) is 24.5 Å². The summed E-state index contributed by atoms with van der Waals surface area (Å²) in [6, 6.07) is 26.4. The molecule has 382 valence electrons. The van der Waals surface area contributed by atoms with Gasteiger partial charge in [0.2, 0.25) is 11.9 Å². The van der Waals surface area contributed by atoms with Crippen LogP contribution >= 0.6 is 0 Å². The summed E-state index contributed by atoms with van der Waals surface area (Å²) in [6.07, 6.45) is 2.70. The van der Waals surface area contributed by atoms with Crippen LogP contribution in [0.15, 0.2) is 111 Å². The van der Waals surface area contributed by atoms with Crippen LogP contribution in [0.4, 0.5) is 23.3 Å². The number of carbonyl (C=O) groups excluding carboxylic acids is 2. The molecule has 0 unspecified atom stereocenters. The van der Waals surface area contributed by atoms with Gasteiger partial charge in [-0.05, 0) is 118 Å². The van der Waals surface area contributed by atoms with Gasteiger partial charge in [-0.1, -0.05) is 82.0 Å². The molecule has 0 aliphatic carbocycles. The molecule has 0 fully saturated rings. The fourth-order valence-corrected chi connectivity index (χ4v) is 7.44. The van der Waals surface area contributed by atoms with Crippen molar-refractivity contribution in [3.8, 4) is 11.5 Å². The third-order valence-electron chi connectivity index (χ3n) is 11.3. The van der Waals surface area contributed by atoms with Crippen LogP contribution < -0.4 is 42.9 Å². The monoisotopic (exact) mass is 986 g/mol. The zero-order valence-electron chi connectivity index (χ0n) is 43.0. The molecule has 0 spiro atoms. The third kappa shape index (κ3) is 14.5. The molecule has 0 radical (unpaired) electrons. The molecular formula is C54H66N8O10. The van der Waals surface area contributed by atoms with Crippen LogP contribution in [0.2, 0.25) is 0 Å². The first-order valence-electron chi connectivity index (χ1n) is 23.7. The summed E-state index contributed by atoms with van der Waals surface area (Å²) in [4.78, 5) is 84.8. The van der Waals surface area contributed by atoms with Crippen molar-refractivity contribution < 1.29 is 28.5 Å². The van der Waals surface area contributed by atoms with Crippen molar-refractivity contribution in [2.24, 2.45) is 11.8 Å². The predicted molar refractivity (Wildman–Crippen MR) is 279 cm³/mol. The second-order valence-electron chi connectivity index (χ2n) is 17.9. The molecule has 0 aliphatic rings. The van der Waals surface area contributed by atoms with Gasteiger partial charge >= 0.3 is 34.7 Å². The number of benzene rings is 4. The van der Waals surface area contributed by atoms with Crippen molar-refractivity contribution in [1.29, 1.82) is 0 Å². The van der Waals surface area contributed by atoms with Gasteiger partial charge in [-0.15, -0.1) is 0 Å². The van der Waals surface area contributed by atoms with E-state index in [4.69, 9.17) is 18.9 Å². The first kappa shape index (κ1) is 54.9. The third-order valence-corrected chi connectivity index (χ3v) is 11.3. The van der Waals surface area contributed by atoms with Gasteiger partial charge in [-0.25, -0.2) is 28.3 Å². The number of rotatable bonds is 20.